The van der Waals surface area contributed by atoms with Crippen LogP contribution in [0.1, 0.15) is 178 Å². The van der Waals surface area contributed by atoms with Crippen LogP contribution in [0, 0.1) is 0 Å². The zero-order valence-corrected chi connectivity index (χ0v) is 36.2. The average Bonchev–Trinajstić information content (AvgIpc) is 3.24. The molecular formula is C53H72O6. The van der Waals surface area contributed by atoms with Gasteiger partial charge in [0.2, 0.25) is 0 Å². The van der Waals surface area contributed by atoms with Crippen LogP contribution in [0.25, 0.3) is 0 Å². The van der Waals surface area contributed by atoms with Gasteiger partial charge in [0.05, 0.1) is 0 Å². The minimum absolute atomic E-state index is 0.221. The molecule has 0 atom stereocenters. The minimum Gasteiger partial charge on any atom is -0.427 e. The highest BCUT2D eigenvalue weighted by atomic mass is 16.5. The fourth-order valence-corrected chi connectivity index (χ4v) is 7.41. The maximum atomic E-state index is 12.7. The van der Waals surface area contributed by atoms with Crippen molar-refractivity contribution in [3.63, 3.8) is 0 Å². The molecule has 0 bridgehead atoms. The van der Waals surface area contributed by atoms with Crippen LogP contribution in [0.15, 0.2) is 111 Å². The zero-order valence-electron chi connectivity index (χ0n) is 36.2. The lowest BCUT2D eigenvalue weighted by Crippen LogP contribution is -2.25. The summed E-state index contributed by atoms with van der Waals surface area (Å²) in [6, 6.07) is 23.0. The van der Waals surface area contributed by atoms with E-state index in [9.17, 15) is 14.4 Å². The number of hydrogen-bond donors (Lipinski definition) is 0. The third-order valence-electron chi connectivity index (χ3n) is 11.1. The summed E-state index contributed by atoms with van der Waals surface area (Å²) in [7, 11) is 0. The molecular weight excluding hydrogens is 733 g/mol. The smallest absolute Gasteiger partial charge is 0.311 e. The number of carbonyl (C=O) groups excluding carboxylic acids is 3. The van der Waals surface area contributed by atoms with Gasteiger partial charge in [-0.3, -0.25) is 14.4 Å². The molecule has 0 saturated carbocycles. The number of unbranched alkanes of at least 4 members (excludes halogenated alkanes) is 18. The maximum Gasteiger partial charge on any atom is 0.311 e. The molecule has 0 aliphatic carbocycles. The highest BCUT2D eigenvalue weighted by Gasteiger charge is 2.32. The summed E-state index contributed by atoms with van der Waals surface area (Å²) >= 11 is 0. The summed E-state index contributed by atoms with van der Waals surface area (Å²) in [5.41, 5.74) is 2.31. The van der Waals surface area contributed by atoms with Crippen LogP contribution in [-0.2, 0) is 19.8 Å². The van der Waals surface area contributed by atoms with E-state index in [0.29, 0.717) is 36.5 Å². The fourth-order valence-electron chi connectivity index (χ4n) is 7.41. The van der Waals surface area contributed by atoms with E-state index >= 15 is 0 Å². The summed E-state index contributed by atoms with van der Waals surface area (Å²) in [5.74, 6) is 0.865. The Balaban J connectivity index is 1.66. The molecule has 0 unspecified atom stereocenters. The molecule has 0 spiro atoms. The van der Waals surface area contributed by atoms with E-state index in [1.807, 2.05) is 91.0 Å². The van der Waals surface area contributed by atoms with Gasteiger partial charge in [-0.15, -0.1) is 19.7 Å². The van der Waals surface area contributed by atoms with Gasteiger partial charge in [-0.25, -0.2) is 0 Å². The van der Waals surface area contributed by atoms with Gasteiger partial charge in [0, 0.05) is 24.7 Å². The fraction of sp³-hybridized carbons (Fsp3) is 0.491. The SMILES string of the molecule is C=CCCCCCCCCC(=O)Oc1ccc(C(C)(c2ccc(OC(=O)CCCCCCCCC=C)cc2)c2ccc(OC(=O)CCCCCCCCC=C)cc2)cc1. The van der Waals surface area contributed by atoms with Crippen molar-refractivity contribution in [3.05, 3.63) is 127 Å². The van der Waals surface area contributed by atoms with Crippen molar-refractivity contribution in [1.82, 2.24) is 0 Å². The Kier molecular flexibility index (Phi) is 24.3. The van der Waals surface area contributed by atoms with Crippen molar-refractivity contribution in [2.24, 2.45) is 0 Å². The van der Waals surface area contributed by atoms with E-state index in [4.69, 9.17) is 14.2 Å². The molecule has 0 aliphatic heterocycles. The van der Waals surface area contributed by atoms with Crippen LogP contribution in [-0.4, -0.2) is 17.9 Å². The Hall–Kier alpha value is -4.71. The van der Waals surface area contributed by atoms with Gasteiger partial charge in [0.1, 0.15) is 17.2 Å². The van der Waals surface area contributed by atoms with Crippen LogP contribution < -0.4 is 14.2 Å². The van der Waals surface area contributed by atoms with Crippen molar-refractivity contribution in [3.8, 4) is 17.2 Å². The molecule has 6 heteroatoms. The standard InChI is InChI=1S/C53H72O6/c1-5-8-11-14-17-20-23-26-29-50(54)57-47-38-32-44(33-39-47)53(4,45-34-40-48(41-35-45)58-51(55)30-27-24-21-18-15-12-9-6-2)46-36-42-49(43-37-46)59-52(56)31-28-25-22-19-16-13-10-7-3/h5-7,32-43H,1-3,8-31H2,4H3. The van der Waals surface area contributed by atoms with E-state index < -0.39 is 5.41 Å². The first-order valence-corrected chi connectivity index (χ1v) is 22.6. The summed E-state index contributed by atoms with van der Waals surface area (Å²) in [5, 5.41) is 0. The number of hydrogen-bond acceptors (Lipinski definition) is 6. The molecule has 0 fully saturated rings. The van der Waals surface area contributed by atoms with E-state index in [2.05, 4.69) is 26.7 Å². The van der Waals surface area contributed by atoms with Gasteiger partial charge in [0.15, 0.2) is 0 Å². The first kappa shape index (κ1) is 48.7. The van der Waals surface area contributed by atoms with Crippen LogP contribution in [0.2, 0.25) is 0 Å². The molecule has 3 aromatic carbocycles. The molecule has 0 aromatic heterocycles. The molecule has 0 heterocycles. The first-order chi connectivity index (χ1) is 28.8. The summed E-state index contributed by atoms with van der Waals surface area (Å²) in [6.07, 6.45) is 29.8. The first-order valence-electron chi connectivity index (χ1n) is 22.6. The van der Waals surface area contributed by atoms with Crippen molar-refractivity contribution in [2.45, 2.75) is 166 Å². The van der Waals surface area contributed by atoms with E-state index in [1.165, 1.54) is 57.8 Å². The van der Waals surface area contributed by atoms with Gasteiger partial charge in [-0.05, 0) is 118 Å². The van der Waals surface area contributed by atoms with Crippen molar-refractivity contribution >= 4 is 17.9 Å². The third-order valence-corrected chi connectivity index (χ3v) is 11.1. The Bertz CT molecular complexity index is 1460. The number of ether oxygens (including phenoxy) is 3. The van der Waals surface area contributed by atoms with E-state index in [1.54, 1.807) is 0 Å². The second-order valence-electron chi connectivity index (χ2n) is 16.0. The van der Waals surface area contributed by atoms with Gasteiger partial charge >= 0.3 is 17.9 Å². The lowest BCUT2D eigenvalue weighted by atomic mass is 9.71. The van der Waals surface area contributed by atoms with E-state index in [0.717, 1.165) is 93.7 Å². The number of benzene rings is 3. The Morgan fingerprint density at radius 2 is 0.610 bits per heavy atom. The predicted molar refractivity (Wildman–Crippen MR) is 243 cm³/mol. The van der Waals surface area contributed by atoms with Crippen molar-refractivity contribution in [2.75, 3.05) is 0 Å². The predicted octanol–water partition coefficient (Wildman–Crippen LogP) is 14.7. The summed E-state index contributed by atoms with van der Waals surface area (Å²) in [4.78, 5) is 38.0. The molecule has 0 aliphatic rings. The monoisotopic (exact) mass is 805 g/mol. The van der Waals surface area contributed by atoms with Crippen LogP contribution >= 0.6 is 0 Å². The third kappa shape index (κ3) is 19.3. The molecule has 0 N–H and O–H groups in total. The Labute approximate surface area is 356 Å². The number of allylic oxidation sites excluding steroid dienone is 3. The molecule has 3 aromatic rings. The quantitative estimate of drug-likeness (QED) is 0.0201. The summed E-state index contributed by atoms with van der Waals surface area (Å²) in [6.45, 7) is 13.5. The van der Waals surface area contributed by atoms with E-state index in [-0.39, 0.29) is 17.9 Å². The molecule has 320 valence electrons. The topological polar surface area (TPSA) is 78.9 Å². The normalized spacial score (nSPS) is 11.1. The molecule has 3 rings (SSSR count). The van der Waals surface area contributed by atoms with Gasteiger partial charge < -0.3 is 14.2 Å². The number of carbonyl (C=O) groups is 3. The van der Waals surface area contributed by atoms with Gasteiger partial charge in [0.25, 0.3) is 0 Å². The maximum absolute atomic E-state index is 12.7. The minimum atomic E-state index is -0.642. The number of esters is 3. The molecule has 6 nitrogen and oxygen atoms in total. The highest BCUT2D eigenvalue weighted by Crippen LogP contribution is 2.40. The average molecular weight is 805 g/mol. The molecule has 0 saturated heterocycles. The Morgan fingerprint density at radius 3 is 0.847 bits per heavy atom. The lowest BCUT2D eigenvalue weighted by Gasteiger charge is -2.32. The summed E-state index contributed by atoms with van der Waals surface area (Å²) < 4.78 is 17.2. The van der Waals surface area contributed by atoms with Crippen LogP contribution in [0.4, 0.5) is 0 Å². The van der Waals surface area contributed by atoms with Crippen LogP contribution in [0.5, 0.6) is 17.2 Å². The highest BCUT2D eigenvalue weighted by molar-refractivity contribution is 5.73. The molecule has 0 amide bonds. The molecule has 0 radical (unpaired) electrons. The second-order valence-corrected chi connectivity index (χ2v) is 16.0. The molecule has 59 heavy (non-hydrogen) atoms. The Morgan fingerprint density at radius 1 is 0.390 bits per heavy atom. The van der Waals surface area contributed by atoms with Gasteiger partial charge in [-0.1, -0.05) is 132 Å². The van der Waals surface area contributed by atoms with Crippen molar-refractivity contribution < 1.29 is 28.6 Å². The lowest BCUT2D eigenvalue weighted by molar-refractivity contribution is -0.135. The second kappa shape index (κ2) is 29.5. The largest absolute Gasteiger partial charge is 0.427 e. The van der Waals surface area contributed by atoms with Crippen LogP contribution in [0.3, 0.4) is 0 Å². The van der Waals surface area contributed by atoms with Gasteiger partial charge in [-0.2, -0.15) is 0 Å². The van der Waals surface area contributed by atoms with Crippen molar-refractivity contribution in [1.29, 1.82) is 0 Å². The zero-order chi connectivity index (χ0) is 42.4. The number of rotatable bonds is 33.